The molecular weight excluding hydrogens is 767 g/mol. The molecule has 0 amide bonds. The molecule has 0 spiro atoms. The average Bonchev–Trinajstić information content (AvgIpc) is 3.69. The predicted molar refractivity (Wildman–Crippen MR) is 263 cm³/mol. The summed E-state index contributed by atoms with van der Waals surface area (Å²) in [7, 11) is 0. The maximum atomic E-state index is 5.17. The Kier molecular flexibility index (Phi) is 9.83. The Hall–Kier alpha value is -8.15. The highest BCUT2D eigenvalue weighted by Crippen LogP contribution is 2.48. The Morgan fingerprint density at radius 2 is 1.21 bits per heavy atom. The topological polar surface area (TPSA) is 62.9 Å². The lowest BCUT2D eigenvalue weighted by Crippen LogP contribution is -2.05. The van der Waals surface area contributed by atoms with Crippen LogP contribution in [0.4, 0.5) is 0 Å². The second-order valence-corrected chi connectivity index (χ2v) is 16.0. The van der Waals surface area contributed by atoms with Crippen LogP contribution in [-0.2, 0) is 6.54 Å². The van der Waals surface area contributed by atoms with Crippen molar-refractivity contribution in [3.05, 3.63) is 228 Å². The third-order valence-corrected chi connectivity index (χ3v) is 12.2. The molecule has 5 nitrogen and oxygen atoms in total. The van der Waals surface area contributed by atoms with Crippen molar-refractivity contribution in [3.63, 3.8) is 0 Å². The molecule has 0 bridgehead atoms. The summed E-state index contributed by atoms with van der Waals surface area (Å²) in [5, 5.41) is 3.71. The van der Waals surface area contributed by atoms with E-state index in [1.807, 2.05) is 91.1 Å². The third kappa shape index (κ3) is 7.30. The second-order valence-electron chi connectivity index (χ2n) is 16.0. The molecule has 0 N–H and O–H groups in total. The molecule has 1 heterocycles. The lowest BCUT2D eigenvalue weighted by molar-refractivity contribution is 1.06. The Bertz CT molecular complexity index is 3340. The molecule has 0 atom stereocenters. The number of hydrogen-bond donors (Lipinski definition) is 0. The van der Waals surface area contributed by atoms with Crippen molar-refractivity contribution in [1.82, 2.24) is 9.97 Å². The molecule has 63 heavy (non-hydrogen) atoms. The van der Waals surface area contributed by atoms with Crippen molar-refractivity contribution in [2.45, 2.75) is 19.4 Å². The molecule has 0 radical (unpaired) electrons. The van der Waals surface area contributed by atoms with Gasteiger partial charge in [-0.2, -0.15) is 0 Å². The van der Waals surface area contributed by atoms with Gasteiger partial charge in [-0.1, -0.05) is 170 Å². The number of hydrogen-bond acceptors (Lipinski definition) is 3. The van der Waals surface area contributed by atoms with E-state index in [0.29, 0.717) is 24.0 Å². The molecule has 9 aromatic rings. The van der Waals surface area contributed by atoms with Crippen molar-refractivity contribution >= 4 is 51.2 Å². The van der Waals surface area contributed by atoms with Gasteiger partial charge in [-0.25, -0.2) is 20.0 Å². The van der Waals surface area contributed by atoms with Gasteiger partial charge in [0, 0.05) is 28.3 Å². The van der Waals surface area contributed by atoms with E-state index >= 15 is 0 Å². The minimum absolute atomic E-state index is 0.406. The van der Waals surface area contributed by atoms with Crippen LogP contribution < -0.4 is 0 Å². The Morgan fingerprint density at radius 1 is 0.556 bits per heavy atom. The monoisotopic (exact) mass is 807 g/mol. The van der Waals surface area contributed by atoms with Gasteiger partial charge in [0.05, 0.1) is 12.1 Å². The molecule has 2 aliphatic rings. The van der Waals surface area contributed by atoms with Gasteiger partial charge in [0.15, 0.2) is 17.5 Å². The molecule has 298 valence electrons. The summed E-state index contributed by atoms with van der Waals surface area (Å²) in [4.78, 5) is 24.0. The SMILES string of the molecule is C=NC(=NC(=NCc1cc(-c2ccc(-c3ncc4ccccc4n3)cc2)cc(-c2ccc(-c3ccc4c5c(cccc35)C3=C4C=CCC3)cc2)c1)c1ccccc1)c1ccccc1. The minimum atomic E-state index is 0.406. The Balaban J connectivity index is 0.978. The first-order chi connectivity index (χ1) is 31.2. The van der Waals surface area contributed by atoms with Crippen LogP contribution in [0.15, 0.2) is 215 Å². The lowest BCUT2D eigenvalue weighted by Gasteiger charge is -2.13. The van der Waals surface area contributed by atoms with Gasteiger partial charge in [0.1, 0.15) is 0 Å². The number of amidine groups is 2. The molecule has 0 fully saturated rings. The van der Waals surface area contributed by atoms with Crippen LogP contribution in [0.5, 0.6) is 0 Å². The number of fused-ring (bicyclic) bond motifs is 3. The van der Waals surface area contributed by atoms with Crippen LogP contribution in [-0.4, -0.2) is 28.4 Å². The predicted octanol–water partition coefficient (Wildman–Crippen LogP) is 14.1. The van der Waals surface area contributed by atoms with Crippen molar-refractivity contribution in [3.8, 4) is 44.8 Å². The van der Waals surface area contributed by atoms with E-state index in [9.17, 15) is 0 Å². The summed E-state index contributed by atoms with van der Waals surface area (Å²) >= 11 is 0. The zero-order valence-electron chi connectivity index (χ0n) is 34.6. The quantitative estimate of drug-likeness (QED) is 0.113. The zero-order valence-corrected chi connectivity index (χ0v) is 34.6. The van der Waals surface area contributed by atoms with Crippen molar-refractivity contribution < 1.29 is 0 Å². The molecule has 0 aliphatic heterocycles. The molecule has 11 rings (SSSR count). The minimum Gasteiger partial charge on any atom is -0.261 e. The molecule has 0 saturated heterocycles. The lowest BCUT2D eigenvalue weighted by atomic mass is 9.92. The maximum absolute atomic E-state index is 5.17. The van der Waals surface area contributed by atoms with Crippen LogP contribution >= 0.6 is 0 Å². The third-order valence-electron chi connectivity index (χ3n) is 12.2. The van der Waals surface area contributed by atoms with Crippen LogP contribution in [0.1, 0.15) is 40.7 Å². The fourth-order valence-corrected chi connectivity index (χ4v) is 9.04. The number of aliphatic imine (C=N–C) groups is 3. The fraction of sp³-hybridized carbons (Fsp3) is 0.0517. The summed E-state index contributed by atoms with van der Waals surface area (Å²) in [5.74, 6) is 1.82. The highest BCUT2D eigenvalue weighted by molar-refractivity contribution is 6.19. The van der Waals surface area contributed by atoms with Crippen LogP contribution in [0, 0.1) is 0 Å². The molecule has 5 heteroatoms. The molecule has 8 aromatic carbocycles. The van der Waals surface area contributed by atoms with Gasteiger partial charge in [0.25, 0.3) is 0 Å². The molecule has 0 saturated carbocycles. The average molecular weight is 808 g/mol. The van der Waals surface area contributed by atoms with Crippen LogP contribution in [0.2, 0.25) is 0 Å². The van der Waals surface area contributed by atoms with E-state index in [2.05, 4.69) is 126 Å². The number of rotatable bonds is 8. The largest absolute Gasteiger partial charge is 0.261 e. The van der Waals surface area contributed by atoms with Gasteiger partial charge in [-0.05, 0) is 116 Å². The van der Waals surface area contributed by atoms with Gasteiger partial charge in [-0.3, -0.25) is 4.99 Å². The highest BCUT2D eigenvalue weighted by Gasteiger charge is 2.25. The highest BCUT2D eigenvalue weighted by atomic mass is 15.0. The number of para-hydroxylation sites is 1. The van der Waals surface area contributed by atoms with E-state index in [4.69, 9.17) is 15.0 Å². The van der Waals surface area contributed by atoms with E-state index in [0.717, 1.165) is 68.3 Å². The van der Waals surface area contributed by atoms with E-state index in [1.165, 1.54) is 44.2 Å². The normalized spacial score (nSPS) is 13.5. The van der Waals surface area contributed by atoms with Gasteiger partial charge in [0.2, 0.25) is 0 Å². The van der Waals surface area contributed by atoms with Gasteiger partial charge >= 0.3 is 0 Å². The summed E-state index contributed by atoms with van der Waals surface area (Å²) in [6.45, 7) is 4.26. The molecule has 0 unspecified atom stereocenters. The van der Waals surface area contributed by atoms with Crippen LogP contribution in [0.25, 0.3) is 77.6 Å². The molecular formula is C58H41N5. The summed E-state index contributed by atoms with van der Waals surface area (Å²) in [6, 6.07) is 63.8. The van der Waals surface area contributed by atoms with Crippen molar-refractivity contribution in [1.29, 1.82) is 0 Å². The van der Waals surface area contributed by atoms with Crippen molar-refractivity contribution in [2.24, 2.45) is 15.0 Å². The van der Waals surface area contributed by atoms with E-state index < -0.39 is 0 Å². The number of nitrogens with zero attached hydrogens (tertiary/aromatic N) is 5. The van der Waals surface area contributed by atoms with Crippen LogP contribution in [0.3, 0.4) is 0 Å². The van der Waals surface area contributed by atoms with Gasteiger partial charge in [-0.15, -0.1) is 0 Å². The second kappa shape index (κ2) is 16.4. The number of allylic oxidation sites excluding steroid dienone is 4. The Labute approximate surface area is 367 Å². The number of aromatic nitrogens is 2. The Morgan fingerprint density at radius 3 is 1.94 bits per heavy atom. The molecule has 2 aliphatic carbocycles. The smallest absolute Gasteiger partial charge is 0.161 e. The standard InChI is InChI=1S/C58H41N5/c1-59-56(42-13-4-2-5-14-42)63-58(43-15-6-3-7-16-43)60-36-38-33-46(35-47(34-38)40-25-29-44(30-26-40)57-61-37-45-17-8-11-22-54(45)62-57)39-23-27-41(28-24-39)48-31-32-53-50-19-10-9-18-49(50)52-21-12-20-51(48)55(52)53/h2-8,10-17,19-35,37H,1,9,18,36H2. The molecule has 1 aromatic heterocycles. The zero-order chi connectivity index (χ0) is 42.1. The first kappa shape index (κ1) is 37.8. The van der Waals surface area contributed by atoms with E-state index in [-0.39, 0.29) is 0 Å². The first-order valence-corrected chi connectivity index (χ1v) is 21.4. The summed E-state index contributed by atoms with van der Waals surface area (Å²) < 4.78 is 0. The summed E-state index contributed by atoms with van der Waals surface area (Å²) in [5.41, 5.74) is 17.2. The summed E-state index contributed by atoms with van der Waals surface area (Å²) in [6.07, 6.45) is 8.72. The van der Waals surface area contributed by atoms with E-state index in [1.54, 1.807) is 0 Å². The maximum Gasteiger partial charge on any atom is 0.161 e. The fourth-order valence-electron chi connectivity index (χ4n) is 9.04. The van der Waals surface area contributed by atoms with Gasteiger partial charge < -0.3 is 0 Å². The van der Waals surface area contributed by atoms with Crippen molar-refractivity contribution in [2.75, 3.05) is 0 Å². The first-order valence-electron chi connectivity index (χ1n) is 21.4. The number of benzene rings is 8.